The summed E-state index contributed by atoms with van der Waals surface area (Å²) >= 11 is 0. The molecule has 102 heavy (non-hydrogen) atoms. The third-order valence-electron chi connectivity index (χ3n) is 23.0. The topological polar surface area (TPSA) is 22.8 Å². The first-order valence-electron chi connectivity index (χ1n) is 36.7. The molecule has 0 N–H and O–H groups in total. The van der Waals surface area contributed by atoms with Crippen LogP contribution in [0.2, 0.25) is 0 Å². The first-order chi connectivity index (χ1) is 49.2. The van der Waals surface area contributed by atoms with Crippen molar-refractivity contribution in [3.8, 4) is 22.3 Å². The highest BCUT2D eigenvalue weighted by Gasteiger charge is 2.50. The van der Waals surface area contributed by atoms with E-state index in [9.17, 15) is 0 Å². The molecule has 2 aromatic heterocycles. The van der Waals surface area contributed by atoms with E-state index in [1.54, 1.807) is 0 Å². The van der Waals surface area contributed by atoms with Crippen LogP contribution in [0.5, 0.6) is 0 Å². The van der Waals surface area contributed by atoms with E-state index in [1.807, 2.05) is 0 Å². The number of benzene rings is 12. The molecular formula is C94H84B2N6. The molecule has 496 valence electrons. The van der Waals surface area contributed by atoms with Gasteiger partial charge in [0, 0.05) is 118 Å². The van der Waals surface area contributed by atoms with Gasteiger partial charge in [-0.25, -0.2) is 0 Å². The van der Waals surface area contributed by atoms with Gasteiger partial charge in [0.15, 0.2) is 0 Å². The van der Waals surface area contributed by atoms with Crippen LogP contribution in [0.3, 0.4) is 0 Å². The maximum absolute atomic E-state index is 2.83. The van der Waals surface area contributed by atoms with Crippen LogP contribution in [0.4, 0.5) is 68.2 Å². The Labute approximate surface area is 601 Å². The second-order valence-electron chi connectivity index (χ2n) is 33.4. The Bertz CT molecular complexity index is 5710. The summed E-state index contributed by atoms with van der Waals surface area (Å²) in [5.74, 6) is 0.355. The lowest BCUT2D eigenvalue weighted by atomic mass is 9.41. The molecule has 0 radical (unpaired) electrons. The highest BCUT2D eigenvalue weighted by atomic mass is 15.2. The number of hydrogen-bond donors (Lipinski definition) is 0. The molecule has 1 aliphatic carbocycles. The molecule has 1 unspecified atom stereocenters. The van der Waals surface area contributed by atoms with Crippen LogP contribution in [0.25, 0.3) is 61.0 Å². The zero-order chi connectivity index (χ0) is 69.6. The zero-order valence-electron chi connectivity index (χ0n) is 60.6. The van der Waals surface area contributed by atoms with Gasteiger partial charge in [-0.05, 0) is 235 Å². The lowest BCUT2D eigenvalue weighted by molar-refractivity contribution is 0.291. The summed E-state index contributed by atoms with van der Waals surface area (Å²) in [6.45, 7) is 28.2. The van der Waals surface area contributed by atoms with E-state index in [4.69, 9.17) is 0 Å². The van der Waals surface area contributed by atoms with E-state index in [1.165, 1.54) is 110 Å². The summed E-state index contributed by atoms with van der Waals surface area (Å²) in [5, 5.41) is 3.97. The van der Waals surface area contributed by atoms with Gasteiger partial charge in [-0.15, -0.1) is 0 Å². The van der Waals surface area contributed by atoms with Crippen LogP contribution in [-0.4, -0.2) is 22.7 Å². The minimum absolute atomic E-state index is 0.0561. The molecule has 6 heterocycles. The molecule has 12 aromatic carbocycles. The lowest BCUT2D eigenvalue weighted by Gasteiger charge is -2.45. The van der Waals surface area contributed by atoms with Gasteiger partial charge in [0.2, 0.25) is 0 Å². The Balaban J connectivity index is 0.989. The lowest BCUT2D eigenvalue weighted by Crippen LogP contribution is -2.61. The number of rotatable bonds is 8. The van der Waals surface area contributed by atoms with Gasteiger partial charge < -0.3 is 28.6 Å². The molecule has 1 atom stereocenters. The predicted molar refractivity (Wildman–Crippen MR) is 437 cm³/mol. The number of para-hydroxylation sites is 6. The maximum Gasteiger partial charge on any atom is 0.333 e. The number of aromatic nitrogens is 2. The van der Waals surface area contributed by atoms with Crippen LogP contribution < -0.4 is 41.5 Å². The largest absolute Gasteiger partial charge is 0.376 e. The molecule has 0 fully saturated rings. The number of anilines is 12. The third kappa shape index (κ3) is 9.40. The van der Waals surface area contributed by atoms with Gasteiger partial charge in [-0.2, -0.15) is 0 Å². The minimum atomic E-state index is -0.255. The number of fused-ring (bicyclic) bond motifs is 14. The fourth-order valence-electron chi connectivity index (χ4n) is 17.8. The van der Waals surface area contributed by atoms with Crippen molar-refractivity contribution in [2.75, 3.05) is 19.6 Å². The Morgan fingerprint density at radius 1 is 0.343 bits per heavy atom. The molecule has 8 heteroatoms. The third-order valence-corrected chi connectivity index (χ3v) is 23.0. The van der Waals surface area contributed by atoms with E-state index in [2.05, 4.69) is 385 Å². The molecule has 0 spiro atoms. The van der Waals surface area contributed by atoms with Crippen molar-refractivity contribution in [2.24, 2.45) is 11.3 Å². The van der Waals surface area contributed by atoms with Crippen molar-refractivity contribution in [3.63, 3.8) is 0 Å². The van der Waals surface area contributed by atoms with Gasteiger partial charge in [0.05, 0.1) is 0 Å². The Morgan fingerprint density at radius 2 is 0.745 bits per heavy atom. The monoisotopic (exact) mass is 1320 g/mol. The van der Waals surface area contributed by atoms with Crippen molar-refractivity contribution < 1.29 is 0 Å². The van der Waals surface area contributed by atoms with Crippen LogP contribution in [0.1, 0.15) is 111 Å². The molecule has 0 amide bonds. The number of allylic oxidation sites excluding steroid dienone is 1. The fourth-order valence-corrected chi connectivity index (χ4v) is 17.8. The first kappa shape index (κ1) is 62.1. The molecule has 5 aliphatic rings. The molecule has 6 nitrogen and oxygen atoms in total. The summed E-state index contributed by atoms with van der Waals surface area (Å²) in [6.07, 6.45) is 6.05. The summed E-state index contributed by atoms with van der Waals surface area (Å²) in [5.41, 5.74) is 34.0. The standard InChI is InChI=1S/C94H84B2N6/c1-91(2,3)59-43-45-81-71(47-59)75-49-61(93(7,8)9)51-77-73-53-69(97(63-31-19-13-20-32-63)64-33-21-14-22-34-64)55-85-87(73)95(101(81)89(75)77)79-57-80-84(58-83(79)99(85)67-39-27-17-28-40-67)100(68-41-29-18-30-42-68)86-56-70(98(65-35-23-15-24-36-65)66-37-25-16-26-38-66)54-74-78-52-62(94(10,11)12)50-76-72-48-60(92(4,5)6)44-46-82(72)102(90(76)78)96(80)88(74)86/h13-47,49-58,60H,48H2,1-12H3. The minimum Gasteiger partial charge on any atom is -0.376 e. The predicted octanol–water partition coefficient (Wildman–Crippen LogP) is 22.6. The highest BCUT2D eigenvalue weighted by Crippen LogP contribution is 2.55. The van der Waals surface area contributed by atoms with E-state index >= 15 is 0 Å². The second-order valence-corrected chi connectivity index (χ2v) is 33.4. The Hall–Kier alpha value is -11.0. The van der Waals surface area contributed by atoms with Crippen LogP contribution in [0, 0.1) is 11.3 Å². The maximum atomic E-state index is 2.83. The van der Waals surface area contributed by atoms with Crippen molar-refractivity contribution in [1.82, 2.24) is 8.96 Å². The van der Waals surface area contributed by atoms with Gasteiger partial charge in [-0.1, -0.05) is 210 Å². The second kappa shape index (κ2) is 22.3. The van der Waals surface area contributed by atoms with Crippen LogP contribution in [0.15, 0.2) is 267 Å². The number of hydrogen-bond acceptors (Lipinski definition) is 4. The highest BCUT2D eigenvalue weighted by molar-refractivity contribution is 6.93. The van der Waals surface area contributed by atoms with Gasteiger partial charge in [0.1, 0.15) is 0 Å². The normalized spacial score (nSPS) is 14.8. The van der Waals surface area contributed by atoms with E-state index in [-0.39, 0.29) is 35.4 Å². The summed E-state index contributed by atoms with van der Waals surface area (Å²) in [7, 11) is 0. The Kier molecular flexibility index (Phi) is 13.6. The van der Waals surface area contributed by atoms with Crippen LogP contribution >= 0.6 is 0 Å². The first-order valence-corrected chi connectivity index (χ1v) is 36.7. The van der Waals surface area contributed by atoms with Crippen molar-refractivity contribution >= 4 is 143 Å². The molecular weight excluding hydrogens is 1230 g/mol. The molecule has 0 saturated carbocycles. The average Bonchev–Trinajstić information content (AvgIpc) is 1.32. The summed E-state index contributed by atoms with van der Waals surface area (Å²) in [6, 6.07) is 99.8. The SMILES string of the molecule is CC(C)(C)c1cc2c3c(c1)c1c(n3B3c4cc5c(cc4N(c4ccccc4)c4cc(N(c6ccccc6)c6ccccc6)cc-2c43)N(c2ccccc2)c2cc(N(c3ccccc3)c3ccccc3)cc3c2B5n2c4ccc(C(C)(C)C)cc4c4cc(C(C)(C)C)cc-3c42)C=CC(C(C)(C)C)C1. The number of nitrogens with zero attached hydrogens (tertiary/aromatic N) is 6. The summed E-state index contributed by atoms with van der Waals surface area (Å²) in [4.78, 5) is 10.2. The van der Waals surface area contributed by atoms with Crippen molar-refractivity contribution in [2.45, 2.75) is 106 Å². The zero-order valence-corrected chi connectivity index (χ0v) is 60.6. The smallest absolute Gasteiger partial charge is 0.333 e. The van der Waals surface area contributed by atoms with Crippen molar-refractivity contribution in [3.05, 3.63) is 295 Å². The van der Waals surface area contributed by atoms with Crippen LogP contribution in [-0.2, 0) is 22.7 Å². The molecule has 14 aromatic rings. The van der Waals surface area contributed by atoms with Gasteiger partial charge in [-0.3, -0.25) is 0 Å². The average molecular weight is 1320 g/mol. The Morgan fingerprint density at radius 3 is 1.18 bits per heavy atom. The fraction of sp³-hybridized carbons (Fsp3) is 0.191. The van der Waals surface area contributed by atoms with Gasteiger partial charge >= 0.3 is 13.7 Å². The molecule has 4 aliphatic heterocycles. The summed E-state index contributed by atoms with van der Waals surface area (Å²) < 4.78 is 5.63. The molecule has 0 bridgehead atoms. The van der Waals surface area contributed by atoms with Crippen molar-refractivity contribution in [1.29, 1.82) is 0 Å². The molecule has 19 rings (SSSR count). The van der Waals surface area contributed by atoms with E-state index < -0.39 is 0 Å². The van der Waals surface area contributed by atoms with E-state index in [0.29, 0.717) is 5.92 Å². The van der Waals surface area contributed by atoms with Gasteiger partial charge in [0.25, 0.3) is 0 Å². The molecule has 0 saturated heterocycles. The quantitative estimate of drug-likeness (QED) is 0.141. The van der Waals surface area contributed by atoms with E-state index in [0.717, 1.165) is 69.0 Å².